The molecule has 0 saturated heterocycles. The lowest BCUT2D eigenvalue weighted by molar-refractivity contribution is 1.32. The summed E-state index contributed by atoms with van der Waals surface area (Å²) in [6.07, 6.45) is 0. The lowest BCUT2D eigenvalue weighted by Crippen LogP contribution is -2.11. The van der Waals surface area contributed by atoms with E-state index in [1.54, 1.807) is 0 Å². The summed E-state index contributed by atoms with van der Waals surface area (Å²) in [4.78, 5) is 2.53. The molecule has 0 fully saturated rings. The second kappa shape index (κ2) is 12.4. The molecule has 0 amide bonds. The lowest BCUT2D eigenvalue weighted by atomic mass is 9.98. The molecular formula is C48H31NS2. The highest BCUT2D eigenvalue weighted by Crippen LogP contribution is 2.52. The van der Waals surface area contributed by atoms with Crippen molar-refractivity contribution in [2.45, 2.75) is 0 Å². The molecule has 0 aliphatic rings. The number of nitrogens with zero attached hydrogens (tertiary/aromatic N) is 1. The van der Waals surface area contributed by atoms with E-state index in [0.29, 0.717) is 0 Å². The van der Waals surface area contributed by atoms with Crippen molar-refractivity contribution in [2.24, 2.45) is 0 Å². The maximum absolute atomic E-state index is 2.53. The van der Waals surface area contributed by atoms with Crippen LogP contribution in [-0.4, -0.2) is 0 Å². The highest BCUT2D eigenvalue weighted by molar-refractivity contribution is 7.26. The Morgan fingerprint density at radius 1 is 0.333 bits per heavy atom. The average molecular weight is 686 g/mol. The van der Waals surface area contributed by atoms with Gasteiger partial charge in [0.2, 0.25) is 0 Å². The van der Waals surface area contributed by atoms with E-state index in [9.17, 15) is 0 Å². The van der Waals surface area contributed by atoms with Crippen molar-refractivity contribution >= 4 is 80.1 Å². The molecule has 0 saturated carbocycles. The van der Waals surface area contributed by atoms with Crippen LogP contribution in [0.15, 0.2) is 188 Å². The fourth-order valence-corrected chi connectivity index (χ4v) is 9.91. The van der Waals surface area contributed by atoms with Gasteiger partial charge in [0.15, 0.2) is 0 Å². The number of hydrogen-bond donors (Lipinski definition) is 0. The summed E-state index contributed by atoms with van der Waals surface area (Å²) in [5.41, 5.74) is 10.8. The third-order valence-corrected chi connectivity index (χ3v) is 12.2. The van der Waals surface area contributed by atoms with Gasteiger partial charge >= 0.3 is 0 Å². The zero-order valence-corrected chi connectivity index (χ0v) is 29.3. The zero-order chi connectivity index (χ0) is 33.7. The van der Waals surface area contributed by atoms with Gasteiger partial charge in [0.1, 0.15) is 0 Å². The van der Waals surface area contributed by atoms with E-state index in [2.05, 4.69) is 193 Å². The van der Waals surface area contributed by atoms with Gasteiger partial charge in [-0.25, -0.2) is 0 Å². The Morgan fingerprint density at radius 3 is 1.53 bits per heavy atom. The summed E-state index contributed by atoms with van der Waals surface area (Å²) >= 11 is 3.76. The first-order chi connectivity index (χ1) is 25.3. The summed E-state index contributed by atoms with van der Waals surface area (Å²) in [6, 6.07) is 68.6. The number of anilines is 3. The molecule has 0 aliphatic heterocycles. The fourth-order valence-electron chi connectivity index (χ4n) is 7.49. The molecule has 10 aromatic rings. The lowest BCUT2D eigenvalue weighted by Gasteiger charge is -2.29. The van der Waals surface area contributed by atoms with Crippen LogP contribution in [-0.2, 0) is 0 Å². The van der Waals surface area contributed by atoms with Crippen LogP contribution >= 0.6 is 22.7 Å². The van der Waals surface area contributed by atoms with Gasteiger partial charge in [-0.3, -0.25) is 0 Å². The molecule has 3 heteroatoms. The smallest absolute Gasteiger partial charge is 0.0561 e. The minimum Gasteiger partial charge on any atom is -0.309 e. The van der Waals surface area contributed by atoms with E-state index < -0.39 is 0 Å². The van der Waals surface area contributed by atoms with Gasteiger partial charge < -0.3 is 4.90 Å². The molecule has 0 spiro atoms. The van der Waals surface area contributed by atoms with Crippen molar-refractivity contribution in [3.8, 4) is 33.4 Å². The summed E-state index contributed by atoms with van der Waals surface area (Å²) in [5, 5.41) is 5.12. The second-order valence-electron chi connectivity index (χ2n) is 12.9. The molecule has 51 heavy (non-hydrogen) atoms. The van der Waals surface area contributed by atoms with Crippen molar-refractivity contribution in [2.75, 3.05) is 4.90 Å². The summed E-state index contributed by atoms with van der Waals surface area (Å²) < 4.78 is 5.17. The summed E-state index contributed by atoms with van der Waals surface area (Å²) in [7, 11) is 0. The molecule has 2 aromatic heterocycles. The monoisotopic (exact) mass is 685 g/mol. The van der Waals surface area contributed by atoms with Gasteiger partial charge in [-0.15, -0.1) is 22.7 Å². The van der Waals surface area contributed by atoms with E-state index in [-0.39, 0.29) is 0 Å². The molecule has 240 valence electrons. The van der Waals surface area contributed by atoms with Crippen LogP contribution in [0.4, 0.5) is 17.1 Å². The highest BCUT2D eigenvalue weighted by Gasteiger charge is 2.24. The Labute approximate surface area is 304 Å². The Kier molecular flexibility index (Phi) is 7.26. The van der Waals surface area contributed by atoms with Gasteiger partial charge in [0.05, 0.1) is 11.4 Å². The van der Waals surface area contributed by atoms with Gasteiger partial charge in [0, 0.05) is 46.0 Å². The standard InChI is InChI=1S/C48H31NS2/c1-4-14-32(15-5-1)34-24-26-37(27-25-34)49(41-29-28-38(35-18-8-3-9-19-35)48-47(41)40-21-11-13-23-44(40)51-48)42-30-36(33-16-6-2-7-17-33)31-45-46(42)39-20-10-12-22-43(39)50-45/h1-31H. The van der Waals surface area contributed by atoms with Crippen LogP contribution < -0.4 is 4.90 Å². The van der Waals surface area contributed by atoms with E-state index >= 15 is 0 Å². The SMILES string of the molecule is c1ccc(-c2ccc(N(c3cc(-c4ccccc4)cc4sc5ccccc5c34)c3ccc(-c4ccccc4)c4sc5ccccc5c34)cc2)cc1. The topological polar surface area (TPSA) is 3.24 Å². The van der Waals surface area contributed by atoms with Crippen LogP contribution in [0.3, 0.4) is 0 Å². The van der Waals surface area contributed by atoms with Gasteiger partial charge in [0.25, 0.3) is 0 Å². The predicted molar refractivity (Wildman–Crippen MR) is 223 cm³/mol. The molecule has 0 radical (unpaired) electrons. The third-order valence-electron chi connectivity index (χ3n) is 9.87. The first-order valence-corrected chi connectivity index (χ1v) is 18.9. The number of fused-ring (bicyclic) bond motifs is 6. The number of hydrogen-bond acceptors (Lipinski definition) is 3. The maximum Gasteiger partial charge on any atom is 0.0561 e. The molecule has 0 atom stereocenters. The van der Waals surface area contributed by atoms with E-state index in [1.807, 2.05) is 22.7 Å². The van der Waals surface area contributed by atoms with Crippen LogP contribution in [0, 0.1) is 0 Å². The normalized spacial score (nSPS) is 11.5. The molecule has 8 aromatic carbocycles. The van der Waals surface area contributed by atoms with Crippen LogP contribution in [0.2, 0.25) is 0 Å². The zero-order valence-electron chi connectivity index (χ0n) is 27.7. The Balaban J connectivity index is 1.32. The summed E-state index contributed by atoms with van der Waals surface area (Å²) in [6.45, 7) is 0. The number of rotatable bonds is 6. The third kappa shape index (κ3) is 5.13. The van der Waals surface area contributed by atoms with Gasteiger partial charge in [-0.2, -0.15) is 0 Å². The van der Waals surface area contributed by atoms with Crippen molar-refractivity contribution < 1.29 is 0 Å². The molecule has 10 rings (SSSR count). The van der Waals surface area contributed by atoms with Crippen LogP contribution in [0.5, 0.6) is 0 Å². The van der Waals surface area contributed by atoms with Gasteiger partial charge in [-0.1, -0.05) is 146 Å². The number of benzene rings is 8. The van der Waals surface area contributed by atoms with Gasteiger partial charge in [-0.05, 0) is 75.8 Å². The predicted octanol–water partition coefficient (Wildman–Crippen LogP) is 14.9. The van der Waals surface area contributed by atoms with Crippen molar-refractivity contribution in [1.29, 1.82) is 0 Å². The first kappa shape index (κ1) is 29.9. The number of thiophene rings is 2. The molecule has 0 bridgehead atoms. The minimum absolute atomic E-state index is 1.13. The Bertz CT molecular complexity index is 2830. The van der Waals surface area contributed by atoms with Crippen molar-refractivity contribution in [1.82, 2.24) is 0 Å². The second-order valence-corrected chi connectivity index (χ2v) is 15.0. The molecule has 2 heterocycles. The van der Waals surface area contributed by atoms with E-state index in [4.69, 9.17) is 0 Å². The molecule has 0 N–H and O–H groups in total. The van der Waals surface area contributed by atoms with Crippen LogP contribution in [0.25, 0.3) is 73.7 Å². The molecular weight excluding hydrogens is 655 g/mol. The van der Waals surface area contributed by atoms with Crippen molar-refractivity contribution in [3.05, 3.63) is 188 Å². The first-order valence-electron chi connectivity index (χ1n) is 17.3. The fraction of sp³-hybridized carbons (Fsp3) is 0. The molecule has 1 nitrogen and oxygen atoms in total. The Morgan fingerprint density at radius 2 is 0.863 bits per heavy atom. The Hall–Kier alpha value is -6.00. The molecule has 0 unspecified atom stereocenters. The van der Waals surface area contributed by atoms with Crippen molar-refractivity contribution in [3.63, 3.8) is 0 Å². The quantitative estimate of drug-likeness (QED) is 0.168. The van der Waals surface area contributed by atoms with Crippen LogP contribution in [0.1, 0.15) is 0 Å². The molecule has 0 aliphatic carbocycles. The minimum atomic E-state index is 1.13. The largest absolute Gasteiger partial charge is 0.309 e. The maximum atomic E-state index is 2.53. The summed E-state index contributed by atoms with van der Waals surface area (Å²) in [5.74, 6) is 0. The van der Waals surface area contributed by atoms with E-state index in [0.717, 1.165) is 5.69 Å². The highest BCUT2D eigenvalue weighted by atomic mass is 32.1. The average Bonchev–Trinajstić information content (AvgIpc) is 3.79. The van der Waals surface area contributed by atoms with E-state index in [1.165, 1.54) is 85.1 Å².